The molecule has 0 aliphatic heterocycles. The summed E-state index contributed by atoms with van der Waals surface area (Å²) in [5.41, 5.74) is 9.35. The van der Waals surface area contributed by atoms with Gasteiger partial charge in [-0.3, -0.25) is 0 Å². The van der Waals surface area contributed by atoms with Crippen LogP contribution in [0.2, 0.25) is 0 Å². The fraction of sp³-hybridized carbons (Fsp3) is 0.500. The quantitative estimate of drug-likeness (QED) is 0.862. The molecule has 0 radical (unpaired) electrons. The van der Waals surface area contributed by atoms with Crippen LogP contribution < -0.4 is 5.73 Å². The van der Waals surface area contributed by atoms with E-state index in [2.05, 4.69) is 50.6 Å². The van der Waals surface area contributed by atoms with Crippen molar-refractivity contribution in [3.05, 3.63) is 29.6 Å². The van der Waals surface area contributed by atoms with Crippen LogP contribution in [0.3, 0.4) is 0 Å². The normalized spacial score (nSPS) is 12.3. The third-order valence-corrected chi connectivity index (χ3v) is 3.18. The van der Waals surface area contributed by atoms with Crippen LogP contribution in [-0.4, -0.2) is 16.1 Å². The van der Waals surface area contributed by atoms with E-state index in [0.717, 1.165) is 17.8 Å². The zero-order chi connectivity index (χ0) is 12.6. The molecule has 0 saturated heterocycles. The summed E-state index contributed by atoms with van der Waals surface area (Å²) < 4.78 is 2.15. The van der Waals surface area contributed by atoms with E-state index < -0.39 is 0 Å². The Kier molecular flexibility index (Phi) is 2.96. The van der Waals surface area contributed by atoms with Gasteiger partial charge in [0.15, 0.2) is 0 Å². The topological polar surface area (TPSA) is 43.8 Å². The molecular formula is C14H21N3. The lowest BCUT2D eigenvalue weighted by molar-refractivity contribution is 0.594. The number of fused-ring (bicyclic) bond motifs is 1. The van der Waals surface area contributed by atoms with Crippen LogP contribution in [0.5, 0.6) is 0 Å². The first-order chi connectivity index (χ1) is 7.95. The van der Waals surface area contributed by atoms with Crippen LogP contribution in [0.25, 0.3) is 11.0 Å². The van der Waals surface area contributed by atoms with Gasteiger partial charge in [-0.1, -0.05) is 32.9 Å². The van der Waals surface area contributed by atoms with Gasteiger partial charge in [-0.25, -0.2) is 4.98 Å². The summed E-state index contributed by atoms with van der Waals surface area (Å²) in [5, 5.41) is 0. The number of hydrogen-bond acceptors (Lipinski definition) is 2. The number of rotatable bonds is 2. The molecule has 1 aromatic carbocycles. The molecule has 1 aromatic heterocycles. The molecule has 0 saturated carbocycles. The van der Waals surface area contributed by atoms with E-state index in [0.29, 0.717) is 6.54 Å². The molecule has 0 fully saturated rings. The van der Waals surface area contributed by atoms with Gasteiger partial charge in [-0.2, -0.15) is 0 Å². The number of aryl methyl sites for hydroxylation is 1. The maximum atomic E-state index is 5.62. The lowest BCUT2D eigenvalue weighted by Crippen LogP contribution is -2.11. The van der Waals surface area contributed by atoms with Crippen molar-refractivity contribution in [2.45, 2.75) is 32.6 Å². The van der Waals surface area contributed by atoms with Crippen LogP contribution in [0.15, 0.2) is 18.2 Å². The fourth-order valence-electron chi connectivity index (χ4n) is 2.22. The molecule has 17 heavy (non-hydrogen) atoms. The molecule has 92 valence electrons. The van der Waals surface area contributed by atoms with Gasteiger partial charge in [-0.15, -0.1) is 0 Å². The number of para-hydroxylation sites is 1. The van der Waals surface area contributed by atoms with Crippen LogP contribution in [-0.2, 0) is 18.9 Å². The molecule has 0 aliphatic rings. The molecule has 1 heterocycles. The highest BCUT2D eigenvalue weighted by atomic mass is 15.1. The number of imidazole rings is 1. The number of hydrogen-bond donors (Lipinski definition) is 1. The number of aromatic nitrogens is 2. The monoisotopic (exact) mass is 231 g/mol. The standard InChI is InChI=1S/C14H21N3/c1-14(2,3)10-6-5-7-11-13(10)16-12(8-9-15)17(11)4/h5-7H,8-9,15H2,1-4H3. The van der Waals surface area contributed by atoms with Crippen LogP contribution in [0.4, 0.5) is 0 Å². The van der Waals surface area contributed by atoms with Crippen molar-refractivity contribution >= 4 is 11.0 Å². The van der Waals surface area contributed by atoms with E-state index in [9.17, 15) is 0 Å². The summed E-state index contributed by atoms with van der Waals surface area (Å²) in [7, 11) is 2.06. The summed E-state index contributed by atoms with van der Waals surface area (Å²) in [6.45, 7) is 7.30. The Balaban J connectivity index is 2.69. The van der Waals surface area contributed by atoms with Crippen molar-refractivity contribution in [2.75, 3.05) is 6.54 Å². The molecule has 2 rings (SSSR count). The smallest absolute Gasteiger partial charge is 0.110 e. The summed E-state index contributed by atoms with van der Waals surface area (Å²) in [6.07, 6.45) is 0.828. The van der Waals surface area contributed by atoms with E-state index >= 15 is 0 Å². The number of nitrogens with zero attached hydrogens (tertiary/aromatic N) is 2. The van der Waals surface area contributed by atoms with Gasteiger partial charge in [-0.05, 0) is 23.6 Å². The minimum Gasteiger partial charge on any atom is -0.331 e. The van der Waals surface area contributed by atoms with Gasteiger partial charge in [0.2, 0.25) is 0 Å². The Morgan fingerprint density at radius 1 is 1.29 bits per heavy atom. The van der Waals surface area contributed by atoms with E-state index in [-0.39, 0.29) is 5.41 Å². The first-order valence-corrected chi connectivity index (χ1v) is 6.10. The Bertz CT molecular complexity index is 532. The highest BCUT2D eigenvalue weighted by Gasteiger charge is 2.19. The van der Waals surface area contributed by atoms with Gasteiger partial charge in [0, 0.05) is 13.5 Å². The molecule has 0 spiro atoms. The molecule has 0 unspecified atom stereocenters. The first-order valence-electron chi connectivity index (χ1n) is 6.10. The molecular weight excluding hydrogens is 210 g/mol. The van der Waals surface area contributed by atoms with Crippen molar-refractivity contribution < 1.29 is 0 Å². The maximum Gasteiger partial charge on any atom is 0.110 e. The summed E-state index contributed by atoms with van der Waals surface area (Å²) in [5.74, 6) is 1.07. The Morgan fingerprint density at radius 2 is 2.00 bits per heavy atom. The minimum absolute atomic E-state index is 0.119. The highest BCUT2D eigenvalue weighted by molar-refractivity contribution is 5.80. The van der Waals surface area contributed by atoms with Crippen LogP contribution >= 0.6 is 0 Å². The first kappa shape index (κ1) is 12.1. The minimum atomic E-state index is 0.119. The average Bonchev–Trinajstić information content (AvgIpc) is 2.55. The number of nitrogens with two attached hydrogens (primary N) is 1. The van der Waals surface area contributed by atoms with Crippen molar-refractivity contribution in [1.29, 1.82) is 0 Å². The fourth-order valence-corrected chi connectivity index (χ4v) is 2.22. The lowest BCUT2D eigenvalue weighted by atomic mass is 9.86. The third kappa shape index (κ3) is 2.07. The summed E-state index contributed by atoms with van der Waals surface area (Å²) in [4.78, 5) is 4.75. The van der Waals surface area contributed by atoms with Crippen molar-refractivity contribution in [1.82, 2.24) is 9.55 Å². The Hall–Kier alpha value is -1.35. The van der Waals surface area contributed by atoms with Crippen molar-refractivity contribution in [3.8, 4) is 0 Å². The zero-order valence-corrected chi connectivity index (χ0v) is 11.1. The summed E-state index contributed by atoms with van der Waals surface area (Å²) in [6, 6.07) is 6.40. The predicted octanol–water partition coefficient (Wildman–Crippen LogP) is 2.37. The van der Waals surface area contributed by atoms with Gasteiger partial charge >= 0.3 is 0 Å². The number of benzene rings is 1. The molecule has 0 atom stereocenters. The van der Waals surface area contributed by atoms with Crippen molar-refractivity contribution in [3.63, 3.8) is 0 Å². The van der Waals surface area contributed by atoms with Gasteiger partial charge in [0.05, 0.1) is 11.0 Å². The second kappa shape index (κ2) is 4.15. The SMILES string of the molecule is Cn1c(CCN)nc2c(C(C)(C)C)cccc21. The Morgan fingerprint density at radius 3 is 2.59 bits per heavy atom. The van der Waals surface area contributed by atoms with Crippen LogP contribution in [0, 0.1) is 0 Å². The average molecular weight is 231 g/mol. The second-order valence-corrected chi connectivity index (χ2v) is 5.55. The molecule has 3 nitrogen and oxygen atoms in total. The maximum absolute atomic E-state index is 5.62. The molecule has 0 amide bonds. The van der Waals surface area contributed by atoms with Gasteiger partial charge < -0.3 is 10.3 Å². The molecule has 0 aliphatic carbocycles. The Labute approximate surface area is 103 Å². The van der Waals surface area contributed by atoms with E-state index in [1.807, 2.05) is 0 Å². The molecule has 2 N–H and O–H groups in total. The highest BCUT2D eigenvalue weighted by Crippen LogP contribution is 2.29. The molecule has 3 heteroatoms. The van der Waals surface area contributed by atoms with E-state index in [1.54, 1.807) is 0 Å². The van der Waals surface area contributed by atoms with Gasteiger partial charge in [0.25, 0.3) is 0 Å². The van der Waals surface area contributed by atoms with E-state index in [4.69, 9.17) is 10.7 Å². The van der Waals surface area contributed by atoms with E-state index in [1.165, 1.54) is 11.1 Å². The molecule has 2 aromatic rings. The second-order valence-electron chi connectivity index (χ2n) is 5.55. The zero-order valence-electron chi connectivity index (χ0n) is 11.1. The molecule has 0 bridgehead atoms. The summed E-state index contributed by atoms with van der Waals surface area (Å²) >= 11 is 0. The largest absolute Gasteiger partial charge is 0.331 e. The lowest BCUT2D eigenvalue weighted by Gasteiger charge is -2.19. The predicted molar refractivity (Wildman–Crippen MR) is 72.2 cm³/mol. The third-order valence-electron chi connectivity index (χ3n) is 3.18. The van der Waals surface area contributed by atoms with Crippen LogP contribution in [0.1, 0.15) is 32.2 Å². The van der Waals surface area contributed by atoms with Crippen molar-refractivity contribution in [2.24, 2.45) is 12.8 Å². The van der Waals surface area contributed by atoms with Gasteiger partial charge in [0.1, 0.15) is 5.82 Å².